The Kier molecular flexibility index (Phi) is 3.77. The minimum atomic E-state index is 0.210. The van der Waals surface area contributed by atoms with Crippen LogP contribution < -0.4 is 4.90 Å². The van der Waals surface area contributed by atoms with Crippen molar-refractivity contribution >= 4 is 5.69 Å². The van der Waals surface area contributed by atoms with Gasteiger partial charge in [0.2, 0.25) is 0 Å². The molecule has 116 valence electrons. The van der Waals surface area contributed by atoms with Crippen LogP contribution in [0.4, 0.5) is 5.69 Å². The quantitative estimate of drug-likeness (QED) is 0.768. The summed E-state index contributed by atoms with van der Waals surface area (Å²) in [4.78, 5) is 5.21. The van der Waals surface area contributed by atoms with Gasteiger partial charge in [-0.15, -0.1) is 0 Å². The van der Waals surface area contributed by atoms with Gasteiger partial charge in [-0.2, -0.15) is 0 Å². The zero-order valence-electron chi connectivity index (χ0n) is 14.2. The van der Waals surface area contributed by atoms with Crippen LogP contribution in [-0.2, 0) is 5.41 Å². The predicted molar refractivity (Wildman–Crippen MR) is 91.2 cm³/mol. The molecule has 2 heterocycles. The lowest BCUT2D eigenvalue weighted by Crippen LogP contribution is -2.52. The van der Waals surface area contributed by atoms with Crippen LogP contribution in [0.1, 0.15) is 52.5 Å². The number of benzene rings is 1. The molecule has 0 atom stereocenters. The third-order valence-electron chi connectivity index (χ3n) is 5.65. The predicted octanol–water partition coefficient (Wildman–Crippen LogP) is 4.05. The Hall–Kier alpha value is -1.02. The van der Waals surface area contributed by atoms with E-state index >= 15 is 0 Å². The summed E-state index contributed by atoms with van der Waals surface area (Å²) in [6, 6.07) is 9.18. The summed E-state index contributed by atoms with van der Waals surface area (Å²) in [5, 5.41) is 0. The average molecular weight is 286 g/mol. The number of rotatable bonds is 1. The smallest absolute Gasteiger partial charge is 0.0408 e. The molecule has 21 heavy (non-hydrogen) atoms. The summed E-state index contributed by atoms with van der Waals surface area (Å²) in [6.07, 6.45) is 3.98. The SMILES string of the molecule is CCN1CCC2(CC1)CCN(C(C)(C)C)c1ccccc12. The van der Waals surface area contributed by atoms with E-state index in [2.05, 4.69) is 61.8 Å². The molecule has 0 aromatic heterocycles. The average Bonchev–Trinajstić information content (AvgIpc) is 2.47. The fourth-order valence-corrected chi connectivity index (χ4v) is 4.25. The summed E-state index contributed by atoms with van der Waals surface area (Å²) < 4.78 is 0. The van der Waals surface area contributed by atoms with Gasteiger partial charge in [-0.1, -0.05) is 25.1 Å². The molecule has 0 radical (unpaired) electrons. The van der Waals surface area contributed by atoms with Crippen molar-refractivity contribution in [3.63, 3.8) is 0 Å². The maximum Gasteiger partial charge on any atom is 0.0408 e. The molecular formula is C19H30N2. The van der Waals surface area contributed by atoms with E-state index in [9.17, 15) is 0 Å². The fourth-order valence-electron chi connectivity index (χ4n) is 4.25. The normalized spacial score (nSPS) is 22.4. The topological polar surface area (TPSA) is 6.48 Å². The lowest BCUT2D eigenvalue weighted by Gasteiger charge is -2.51. The molecule has 1 fully saturated rings. The summed E-state index contributed by atoms with van der Waals surface area (Å²) in [6.45, 7) is 14.2. The van der Waals surface area contributed by atoms with E-state index in [0.29, 0.717) is 5.41 Å². The summed E-state index contributed by atoms with van der Waals surface area (Å²) in [5.74, 6) is 0. The Morgan fingerprint density at radius 2 is 1.62 bits per heavy atom. The molecule has 0 aliphatic carbocycles. The van der Waals surface area contributed by atoms with E-state index in [1.54, 1.807) is 5.56 Å². The molecule has 3 rings (SSSR count). The third-order valence-corrected chi connectivity index (χ3v) is 5.65. The van der Waals surface area contributed by atoms with E-state index in [4.69, 9.17) is 0 Å². The molecule has 0 saturated carbocycles. The van der Waals surface area contributed by atoms with Gasteiger partial charge in [-0.05, 0) is 71.3 Å². The lowest BCUT2D eigenvalue weighted by molar-refractivity contribution is 0.153. The number of hydrogen-bond donors (Lipinski definition) is 0. The number of nitrogens with zero attached hydrogens (tertiary/aromatic N) is 2. The lowest BCUT2D eigenvalue weighted by atomic mass is 9.67. The van der Waals surface area contributed by atoms with Crippen LogP contribution in [-0.4, -0.2) is 36.6 Å². The van der Waals surface area contributed by atoms with E-state index in [0.717, 1.165) is 0 Å². The van der Waals surface area contributed by atoms with Crippen LogP contribution in [0.15, 0.2) is 24.3 Å². The van der Waals surface area contributed by atoms with Crippen molar-refractivity contribution in [2.24, 2.45) is 0 Å². The van der Waals surface area contributed by atoms with Crippen LogP contribution in [0.5, 0.6) is 0 Å². The first-order valence-corrected chi connectivity index (χ1v) is 8.56. The van der Waals surface area contributed by atoms with Crippen molar-refractivity contribution in [3.05, 3.63) is 29.8 Å². The van der Waals surface area contributed by atoms with Crippen LogP contribution in [0, 0.1) is 0 Å². The molecule has 1 aromatic rings. The highest BCUT2D eigenvalue weighted by atomic mass is 15.2. The molecule has 0 N–H and O–H groups in total. The molecule has 2 aliphatic heterocycles. The van der Waals surface area contributed by atoms with Crippen molar-refractivity contribution in [2.45, 2.75) is 57.9 Å². The van der Waals surface area contributed by atoms with Gasteiger partial charge in [-0.3, -0.25) is 0 Å². The fraction of sp³-hybridized carbons (Fsp3) is 0.684. The number of hydrogen-bond acceptors (Lipinski definition) is 2. The van der Waals surface area contributed by atoms with Crippen molar-refractivity contribution in [2.75, 3.05) is 31.1 Å². The Morgan fingerprint density at radius 3 is 2.24 bits per heavy atom. The monoisotopic (exact) mass is 286 g/mol. The summed E-state index contributed by atoms with van der Waals surface area (Å²) >= 11 is 0. The standard InChI is InChI=1S/C19H30N2/c1-5-20-13-10-19(11-14-20)12-15-21(18(2,3)4)17-9-7-6-8-16(17)19/h6-9H,5,10-15H2,1-4H3. The number of para-hydroxylation sites is 1. The molecule has 0 unspecified atom stereocenters. The van der Waals surface area contributed by atoms with Gasteiger partial charge >= 0.3 is 0 Å². The van der Waals surface area contributed by atoms with Gasteiger partial charge in [0.25, 0.3) is 0 Å². The van der Waals surface area contributed by atoms with E-state index < -0.39 is 0 Å². The second kappa shape index (κ2) is 5.31. The molecule has 1 saturated heterocycles. The molecule has 2 nitrogen and oxygen atoms in total. The maximum atomic E-state index is 2.61. The van der Waals surface area contributed by atoms with Crippen molar-refractivity contribution in [1.82, 2.24) is 4.90 Å². The van der Waals surface area contributed by atoms with Gasteiger partial charge in [-0.25, -0.2) is 0 Å². The van der Waals surface area contributed by atoms with E-state index in [1.807, 2.05) is 0 Å². The number of anilines is 1. The molecule has 0 bridgehead atoms. The Balaban J connectivity index is 1.96. The van der Waals surface area contributed by atoms with Gasteiger partial charge in [0.1, 0.15) is 0 Å². The molecule has 1 spiro atoms. The van der Waals surface area contributed by atoms with Crippen LogP contribution in [0.25, 0.3) is 0 Å². The molecular weight excluding hydrogens is 256 g/mol. The second-order valence-corrected chi connectivity index (χ2v) is 7.80. The van der Waals surface area contributed by atoms with Gasteiger partial charge < -0.3 is 9.80 Å². The minimum Gasteiger partial charge on any atom is -0.366 e. The van der Waals surface area contributed by atoms with Gasteiger partial charge in [0.05, 0.1) is 0 Å². The van der Waals surface area contributed by atoms with E-state index in [1.165, 1.54) is 51.1 Å². The van der Waals surface area contributed by atoms with Crippen LogP contribution in [0.2, 0.25) is 0 Å². The first-order valence-electron chi connectivity index (χ1n) is 8.56. The molecule has 0 amide bonds. The Bertz CT molecular complexity index is 493. The highest BCUT2D eigenvalue weighted by Crippen LogP contribution is 2.47. The number of likely N-dealkylation sites (tertiary alicyclic amines) is 1. The number of piperidine rings is 1. The Morgan fingerprint density at radius 1 is 1.00 bits per heavy atom. The minimum absolute atomic E-state index is 0.210. The third kappa shape index (κ3) is 2.59. The number of fused-ring (bicyclic) bond motifs is 2. The van der Waals surface area contributed by atoms with Gasteiger partial charge in [0.15, 0.2) is 0 Å². The molecule has 2 heteroatoms. The first kappa shape index (κ1) is 14.9. The van der Waals surface area contributed by atoms with Crippen molar-refractivity contribution < 1.29 is 0 Å². The van der Waals surface area contributed by atoms with E-state index in [-0.39, 0.29) is 5.54 Å². The van der Waals surface area contributed by atoms with Crippen molar-refractivity contribution in [1.29, 1.82) is 0 Å². The van der Waals surface area contributed by atoms with Crippen molar-refractivity contribution in [3.8, 4) is 0 Å². The maximum absolute atomic E-state index is 2.61. The highest BCUT2D eigenvalue weighted by molar-refractivity contribution is 5.60. The molecule has 1 aromatic carbocycles. The molecule has 2 aliphatic rings. The second-order valence-electron chi connectivity index (χ2n) is 7.80. The zero-order chi connectivity index (χ0) is 15.1. The highest BCUT2D eigenvalue weighted by Gasteiger charge is 2.42. The summed E-state index contributed by atoms with van der Waals surface area (Å²) in [7, 11) is 0. The summed E-state index contributed by atoms with van der Waals surface area (Å²) in [5.41, 5.74) is 3.74. The van der Waals surface area contributed by atoms with Crippen LogP contribution in [0.3, 0.4) is 0 Å². The van der Waals surface area contributed by atoms with Gasteiger partial charge in [0, 0.05) is 23.2 Å². The van der Waals surface area contributed by atoms with Crippen LogP contribution >= 0.6 is 0 Å². The first-order chi connectivity index (χ1) is 9.96. The largest absolute Gasteiger partial charge is 0.366 e. The zero-order valence-corrected chi connectivity index (χ0v) is 14.2. The Labute approximate surface area is 130 Å².